The van der Waals surface area contributed by atoms with Crippen molar-refractivity contribution in [3.63, 3.8) is 0 Å². The summed E-state index contributed by atoms with van der Waals surface area (Å²) >= 11 is 0. The Hall–Kier alpha value is -4.04. The maximum atomic E-state index is 8.49. The molecule has 10 heteroatoms. The average Bonchev–Trinajstić information content (AvgIpc) is 3.61. The molecule has 8 nitrogen and oxygen atoms in total. The molecule has 1 unspecified atom stereocenters. The van der Waals surface area contributed by atoms with Crippen molar-refractivity contribution in [3.8, 4) is 34.2 Å². The molecular formula is C37H39Ir2N6O2-. The topological polar surface area (TPSA) is 102 Å². The van der Waals surface area contributed by atoms with Crippen molar-refractivity contribution in [2.75, 3.05) is 0 Å². The Bertz CT molecular complexity index is 1720. The molecule has 2 heterocycles. The van der Waals surface area contributed by atoms with Crippen LogP contribution in [0.5, 0.6) is 0 Å². The summed E-state index contributed by atoms with van der Waals surface area (Å²) in [6.07, 6.45) is 0.824. The number of aliphatic hydroxyl groups is 2. The second-order valence-corrected chi connectivity index (χ2v) is 10.6. The van der Waals surface area contributed by atoms with Crippen LogP contribution in [0, 0.1) is 33.8 Å². The number of para-hydroxylation sites is 2. The zero-order chi connectivity index (χ0) is 32.3. The third-order valence-corrected chi connectivity index (χ3v) is 6.58. The Morgan fingerprint density at radius 2 is 1.15 bits per heavy atom. The minimum atomic E-state index is -0.537. The Labute approximate surface area is 304 Å². The monoisotopic (exact) mass is 985 g/mol. The number of rotatable bonds is 5. The van der Waals surface area contributed by atoms with Crippen molar-refractivity contribution in [2.45, 2.75) is 47.6 Å². The quantitative estimate of drug-likeness (QED) is 0.136. The molecule has 248 valence electrons. The average molecular weight is 984 g/mol. The van der Waals surface area contributed by atoms with Crippen LogP contribution in [0.15, 0.2) is 115 Å². The summed E-state index contributed by atoms with van der Waals surface area (Å²) in [6.45, 7) is 11.1. The molecule has 0 saturated carbocycles. The van der Waals surface area contributed by atoms with E-state index in [-0.39, 0.29) is 46.0 Å². The summed E-state index contributed by atoms with van der Waals surface area (Å²) in [5, 5.41) is 25.9. The summed E-state index contributed by atoms with van der Waals surface area (Å²) in [5.74, 6) is 3.41. The van der Waals surface area contributed by atoms with Crippen LogP contribution >= 0.6 is 0 Å². The van der Waals surface area contributed by atoms with Gasteiger partial charge in [-0.05, 0) is 70.9 Å². The first kappa shape index (κ1) is 39.1. The SMILES string of the molecule is CC(O)=CC(C)O.Cc1nc(-c2[c-]cccc2)n(-c2ccccc2C)n1.Cc1nc(-c2ccccc2)n(-c2ccccc2C)n1.[Ir].[Ir]. The summed E-state index contributed by atoms with van der Waals surface area (Å²) in [5.41, 5.74) is 6.50. The molecule has 0 aliphatic rings. The van der Waals surface area contributed by atoms with Gasteiger partial charge in [-0.2, -0.15) is 10.2 Å². The van der Waals surface area contributed by atoms with Gasteiger partial charge < -0.3 is 10.2 Å². The molecule has 2 aromatic heterocycles. The minimum absolute atomic E-state index is 0. The fourth-order valence-electron chi connectivity index (χ4n) is 4.60. The van der Waals surface area contributed by atoms with E-state index < -0.39 is 6.10 Å². The molecule has 1 atom stereocenters. The number of aromatic nitrogens is 6. The van der Waals surface area contributed by atoms with Crippen molar-refractivity contribution >= 4 is 0 Å². The Morgan fingerprint density at radius 3 is 1.60 bits per heavy atom. The van der Waals surface area contributed by atoms with Crippen molar-refractivity contribution in [1.29, 1.82) is 0 Å². The van der Waals surface area contributed by atoms with E-state index in [4.69, 9.17) is 10.2 Å². The van der Waals surface area contributed by atoms with Crippen molar-refractivity contribution in [2.24, 2.45) is 0 Å². The molecule has 0 fully saturated rings. The van der Waals surface area contributed by atoms with Crippen LogP contribution in [-0.2, 0) is 40.2 Å². The van der Waals surface area contributed by atoms with Crippen LogP contribution < -0.4 is 0 Å². The van der Waals surface area contributed by atoms with Crippen molar-refractivity contribution in [3.05, 3.63) is 144 Å². The summed E-state index contributed by atoms with van der Waals surface area (Å²) in [6, 6.07) is 37.5. The molecule has 0 spiro atoms. The Kier molecular flexibility index (Phi) is 15.8. The molecule has 47 heavy (non-hydrogen) atoms. The van der Waals surface area contributed by atoms with Gasteiger partial charge in [-0.3, -0.25) is 9.67 Å². The van der Waals surface area contributed by atoms with E-state index in [2.05, 4.69) is 76.5 Å². The van der Waals surface area contributed by atoms with Crippen LogP contribution in [0.3, 0.4) is 0 Å². The normalized spacial score (nSPS) is 11.1. The minimum Gasteiger partial charge on any atom is -0.513 e. The summed E-state index contributed by atoms with van der Waals surface area (Å²) in [4.78, 5) is 9.07. The zero-order valence-corrected chi connectivity index (χ0v) is 32.0. The summed E-state index contributed by atoms with van der Waals surface area (Å²) < 4.78 is 3.80. The number of hydrogen-bond acceptors (Lipinski definition) is 6. The molecule has 0 bridgehead atoms. The number of hydrogen-bond donors (Lipinski definition) is 2. The maximum Gasteiger partial charge on any atom is 0.163 e. The molecule has 0 aliphatic carbocycles. The van der Waals surface area contributed by atoms with Gasteiger partial charge in [-0.25, -0.2) is 9.67 Å². The Balaban J connectivity index is 0.000000264. The van der Waals surface area contributed by atoms with Gasteiger partial charge in [0.05, 0.1) is 29.1 Å². The van der Waals surface area contributed by atoms with Crippen LogP contribution in [0.2, 0.25) is 0 Å². The molecule has 6 rings (SSSR count). The third kappa shape index (κ3) is 11.0. The van der Waals surface area contributed by atoms with Gasteiger partial charge in [0.2, 0.25) is 0 Å². The van der Waals surface area contributed by atoms with E-state index in [0.29, 0.717) is 0 Å². The Morgan fingerprint density at radius 1 is 0.681 bits per heavy atom. The molecule has 0 amide bonds. The van der Waals surface area contributed by atoms with Crippen LogP contribution in [0.1, 0.15) is 36.6 Å². The van der Waals surface area contributed by atoms with Crippen LogP contribution in [-0.4, -0.2) is 45.8 Å². The fourth-order valence-corrected chi connectivity index (χ4v) is 4.60. The molecular weight excluding hydrogens is 945 g/mol. The molecule has 2 radical (unpaired) electrons. The van der Waals surface area contributed by atoms with E-state index >= 15 is 0 Å². The molecule has 4 aromatic carbocycles. The molecule has 0 saturated heterocycles. The first-order valence-corrected chi connectivity index (χ1v) is 14.7. The van der Waals surface area contributed by atoms with Gasteiger partial charge in [0, 0.05) is 45.8 Å². The maximum absolute atomic E-state index is 8.49. The first-order valence-electron chi connectivity index (χ1n) is 14.7. The number of benzene rings is 4. The third-order valence-electron chi connectivity index (χ3n) is 6.58. The van der Waals surface area contributed by atoms with Gasteiger partial charge in [0.25, 0.3) is 0 Å². The standard InChI is InChI=1S/C16H15N3.C16H14N3.C5H10O2.2Ir/c2*1-12-8-6-7-11-15(12)19-16(17-13(2)18-19)14-9-4-3-5-10-14;1-4(6)3-5(2)7;;/h3-11H,1-2H3;3-9,11H,1-2H3;3-4,6-7H,1-2H3;;/q;-1;;;. The molecule has 2 N–H and O–H groups in total. The van der Waals surface area contributed by atoms with E-state index in [1.165, 1.54) is 24.1 Å². The van der Waals surface area contributed by atoms with E-state index in [1.807, 2.05) is 89.9 Å². The van der Waals surface area contributed by atoms with Crippen LogP contribution in [0.4, 0.5) is 0 Å². The molecule has 0 aliphatic heterocycles. The van der Waals surface area contributed by atoms with Gasteiger partial charge in [-0.15, -0.1) is 35.9 Å². The second-order valence-electron chi connectivity index (χ2n) is 10.6. The fraction of sp³-hybridized carbons (Fsp3) is 0.189. The van der Waals surface area contributed by atoms with E-state index in [0.717, 1.165) is 45.8 Å². The number of allylic oxidation sites excluding steroid dienone is 1. The number of aliphatic hydroxyl groups excluding tert-OH is 2. The largest absolute Gasteiger partial charge is 0.513 e. The number of nitrogens with zero attached hydrogens (tertiary/aromatic N) is 6. The second kappa shape index (κ2) is 18.9. The first-order chi connectivity index (χ1) is 21.6. The molecule has 6 aromatic rings. The van der Waals surface area contributed by atoms with Crippen LogP contribution in [0.25, 0.3) is 34.2 Å². The van der Waals surface area contributed by atoms with E-state index in [9.17, 15) is 0 Å². The van der Waals surface area contributed by atoms with Crippen molar-refractivity contribution < 1.29 is 50.4 Å². The predicted molar refractivity (Wildman–Crippen MR) is 179 cm³/mol. The number of aryl methyl sites for hydroxylation is 4. The van der Waals surface area contributed by atoms with Gasteiger partial charge in [-0.1, -0.05) is 66.7 Å². The van der Waals surface area contributed by atoms with Crippen molar-refractivity contribution in [1.82, 2.24) is 29.5 Å². The van der Waals surface area contributed by atoms with Gasteiger partial charge >= 0.3 is 0 Å². The smallest absolute Gasteiger partial charge is 0.163 e. The summed E-state index contributed by atoms with van der Waals surface area (Å²) in [7, 11) is 0. The van der Waals surface area contributed by atoms with Gasteiger partial charge in [0.1, 0.15) is 11.6 Å². The zero-order valence-electron chi connectivity index (χ0n) is 27.2. The predicted octanol–water partition coefficient (Wildman–Crippen LogP) is 7.73. The van der Waals surface area contributed by atoms with E-state index in [1.54, 1.807) is 6.92 Å². The van der Waals surface area contributed by atoms with Gasteiger partial charge in [0.15, 0.2) is 5.82 Å².